The van der Waals surface area contributed by atoms with Crippen LogP contribution in [0.2, 0.25) is 0 Å². The van der Waals surface area contributed by atoms with E-state index in [2.05, 4.69) is 42.9 Å². The van der Waals surface area contributed by atoms with Gasteiger partial charge in [-0.3, -0.25) is 4.99 Å². The van der Waals surface area contributed by atoms with E-state index in [1.165, 1.54) is 0 Å². The van der Waals surface area contributed by atoms with Gasteiger partial charge in [-0.15, -0.1) is 0 Å². The van der Waals surface area contributed by atoms with Crippen LogP contribution in [-0.2, 0) is 0 Å². The summed E-state index contributed by atoms with van der Waals surface area (Å²) in [6.45, 7) is 10.8. The second-order valence-electron chi connectivity index (χ2n) is 3.43. The SMILES string of the molecule is C=CC(/N=C(\C)CC)=C(C)\C=C/CNC. The van der Waals surface area contributed by atoms with Crippen LogP contribution in [0.15, 0.2) is 41.1 Å². The summed E-state index contributed by atoms with van der Waals surface area (Å²) in [5.74, 6) is 0. The number of likely N-dealkylation sites (N-methyl/N-ethyl adjacent to an activating group) is 1. The first-order chi connectivity index (χ1) is 7.15. The van der Waals surface area contributed by atoms with E-state index in [0.717, 1.165) is 29.9 Å². The zero-order valence-electron chi connectivity index (χ0n) is 10.3. The van der Waals surface area contributed by atoms with Gasteiger partial charge in [0.25, 0.3) is 0 Å². The van der Waals surface area contributed by atoms with Crippen molar-refractivity contribution in [1.29, 1.82) is 0 Å². The third-order valence-corrected chi connectivity index (χ3v) is 2.11. The average molecular weight is 206 g/mol. The molecule has 0 saturated heterocycles. The summed E-state index contributed by atoms with van der Waals surface area (Å²) in [5.41, 5.74) is 3.24. The standard InChI is InChI=1S/C13H22N2/c1-6-12(4)15-13(7-2)11(3)9-8-10-14-5/h7-9,14H,2,6,10H2,1,3-5H3/b9-8-,13-11+,15-12+. The molecule has 0 radical (unpaired) electrons. The molecule has 0 saturated carbocycles. The first-order valence-corrected chi connectivity index (χ1v) is 5.34. The molecule has 0 atom stereocenters. The second kappa shape index (κ2) is 8.18. The Morgan fingerprint density at radius 2 is 2.07 bits per heavy atom. The molecule has 2 nitrogen and oxygen atoms in total. The van der Waals surface area contributed by atoms with Gasteiger partial charge < -0.3 is 5.32 Å². The molecule has 0 rings (SSSR count). The first-order valence-electron chi connectivity index (χ1n) is 5.34. The molecule has 0 aliphatic rings. The summed E-state index contributed by atoms with van der Waals surface area (Å²) >= 11 is 0. The third-order valence-electron chi connectivity index (χ3n) is 2.11. The smallest absolute Gasteiger partial charge is 0.0652 e. The number of hydrogen-bond donors (Lipinski definition) is 1. The van der Waals surface area contributed by atoms with E-state index in [0.29, 0.717) is 0 Å². The molecule has 0 amide bonds. The first kappa shape index (κ1) is 13.8. The molecule has 0 fully saturated rings. The summed E-state index contributed by atoms with van der Waals surface area (Å²) in [6.07, 6.45) is 6.93. The lowest BCUT2D eigenvalue weighted by Crippen LogP contribution is -2.03. The molecule has 0 aliphatic heterocycles. The quantitative estimate of drug-likeness (QED) is 0.524. The van der Waals surface area contributed by atoms with E-state index in [1.807, 2.05) is 14.0 Å². The normalized spacial score (nSPS) is 14.3. The van der Waals surface area contributed by atoms with Gasteiger partial charge >= 0.3 is 0 Å². The van der Waals surface area contributed by atoms with Crippen molar-refractivity contribution < 1.29 is 0 Å². The van der Waals surface area contributed by atoms with Crippen molar-refractivity contribution >= 4 is 5.71 Å². The zero-order valence-corrected chi connectivity index (χ0v) is 10.3. The van der Waals surface area contributed by atoms with Crippen LogP contribution in [0, 0.1) is 0 Å². The van der Waals surface area contributed by atoms with Crippen molar-refractivity contribution in [2.75, 3.05) is 13.6 Å². The molecule has 0 aromatic carbocycles. The average Bonchev–Trinajstić information content (AvgIpc) is 2.25. The van der Waals surface area contributed by atoms with Crippen LogP contribution in [0.1, 0.15) is 27.2 Å². The Morgan fingerprint density at radius 1 is 1.40 bits per heavy atom. The third kappa shape index (κ3) is 6.02. The fourth-order valence-corrected chi connectivity index (χ4v) is 1.02. The van der Waals surface area contributed by atoms with Gasteiger partial charge in [0.1, 0.15) is 0 Å². The Kier molecular flexibility index (Phi) is 7.56. The summed E-state index contributed by atoms with van der Waals surface area (Å²) < 4.78 is 0. The number of nitrogens with zero attached hydrogens (tertiary/aromatic N) is 1. The van der Waals surface area contributed by atoms with Crippen LogP contribution in [-0.4, -0.2) is 19.3 Å². The van der Waals surface area contributed by atoms with E-state index in [4.69, 9.17) is 0 Å². The number of rotatable bonds is 6. The van der Waals surface area contributed by atoms with Crippen molar-refractivity contribution in [1.82, 2.24) is 5.32 Å². The maximum Gasteiger partial charge on any atom is 0.0652 e. The topological polar surface area (TPSA) is 24.4 Å². The molecule has 0 heterocycles. The second-order valence-corrected chi connectivity index (χ2v) is 3.43. The number of hydrogen-bond acceptors (Lipinski definition) is 2. The Bertz CT molecular complexity index is 283. The molecule has 0 unspecified atom stereocenters. The lowest BCUT2D eigenvalue weighted by Gasteiger charge is -2.01. The maximum atomic E-state index is 4.50. The molecule has 0 aromatic rings. The van der Waals surface area contributed by atoms with Gasteiger partial charge in [-0.25, -0.2) is 0 Å². The Hall–Kier alpha value is -1.15. The van der Waals surface area contributed by atoms with Crippen molar-refractivity contribution in [3.05, 3.63) is 36.1 Å². The number of aliphatic imine (C=N–C) groups is 1. The van der Waals surface area contributed by atoms with Crippen molar-refractivity contribution in [2.45, 2.75) is 27.2 Å². The molecular formula is C13H22N2. The highest BCUT2D eigenvalue weighted by molar-refractivity contribution is 5.82. The maximum absolute atomic E-state index is 4.50. The monoisotopic (exact) mass is 206 g/mol. The van der Waals surface area contributed by atoms with Gasteiger partial charge in [0.05, 0.1) is 5.70 Å². The molecule has 2 heteroatoms. The van der Waals surface area contributed by atoms with Gasteiger partial charge in [0.15, 0.2) is 0 Å². The summed E-state index contributed by atoms with van der Waals surface area (Å²) in [6, 6.07) is 0. The van der Waals surface area contributed by atoms with Gasteiger partial charge in [-0.05, 0) is 39.0 Å². The van der Waals surface area contributed by atoms with Crippen LogP contribution < -0.4 is 5.32 Å². The van der Waals surface area contributed by atoms with E-state index in [1.54, 1.807) is 6.08 Å². The minimum Gasteiger partial charge on any atom is -0.316 e. The Labute approximate surface area is 93.5 Å². The fourth-order valence-electron chi connectivity index (χ4n) is 1.02. The van der Waals surface area contributed by atoms with E-state index in [-0.39, 0.29) is 0 Å². The van der Waals surface area contributed by atoms with Crippen molar-refractivity contribution in [3.8, 4) is 0 Å². The van der Waals surface area contributed by atoms with Gasteiger partial charge in [-0.2, -0.15) is 0 Å². The predicted octanol–water partition coefficient (Wildman–Crippen LogP) is 3.09. The van der Waals surface area contributed by atoms with Crippen molar-refractivity contribution in [2.24, 2.45) is 4.99 Å². The Balaban J connectivity index is 4.74. The minimum absolute atomic E-state index is 0.873. The lowest BCUT2D eigenvalue weighted by atomic mass is 10.2. The molecule has 15 heavy (non-hydrogen) atoms. The Morgan fingerprint density at radius 3 is 2.53 bits per heavy atom. The van der Waals surface area contributed by atoms with Gasteiger partial charge in [-0.1, -0.05) is 25.7 Å². The molecule has 0 aromatic heterocycles. The van der Waals surface area contributed by atoms with Crippen LogP contribution in [0.25, 0.3) is 0 Å². The molecule has 0 bridgehead atoms. The molecular weight excluding hydrogens is 184 g/mol. The zero-order chi connectivity index (χ0) is 11.7. The lowest BCUT2D eigenvalue weighted by molar-refractivity contribution is 0.918. The molecule has 0 aliphatic carbocycles. The molecule has 84 valence electrons. The highest BCUT2D eigenvalue weighted by Gasteiger charge is 1.94. The fraction of sp³-hybridized carbons (Fsp3) is 0.462. The summed E-state index contributed by atoms with van der Waals surface area (Å²) in [5, 5.41) is 3.06. The summed E-state index contributed by atoms with van der Waals surface area (Å²) in [7, 11) is 1.93. The molecule has 0 spiro atoms. The van der Waals surface area contributed by atoms with Gasteiger partial charge in [0, 0.05) is 12.3 Å². The largest absolute Gasteiger partial charge is 0.316 e. The van der Waals surface area contributed by atoms with E-state index < -0.39 is 0 Å². The summed E-state index contributed by atoms with van der Waals surface area (Å²) in [4.78, 5) is 4.50. The van der Waals surface area contributed by atoms with E-state index in [9.17, 15) is 0 Å². The van der Waals surface area contributed by atoms with Crippen LogP contribution in [0.5, 0.6) is 0 Å². The number of allylic oxidation sites excluding steroid dienone is 3. The number of nitrogens with one attached hydrogen (secondary N) is 1. The van der Waals surface area contributed by atoms with Gasteiger partial charge in [0.2, 0.25) is 0 Å². The predicted molar refractivity (Wildman–Crippen MR) is 69.4 cm³/mol. The highest BCUT2D eigenvalue weighted by Crippen LogP contribution is 2.09. The molecule has 1 N–H and O–H groups in total. The van der Waals surface area contributed by atoms with Crippen LogP contribution in [0.3, 0.4) is 0 Å². The van der Waals surface area contributed by atoms with Crippen LogP contribution in [0.4, 0.5) is 0 Å². The van der Waals surface area contributed by atoms with Crippen LogP contribution >= 0.6 is 0 Å². The van der Waals surface area contributed by atoms with E-state index >= 15 is 0 Å². The van der Waals surface area contributed by atoms with Crippen molar-refractivity contribution in [3.63, 3.8) is 0 Å². The highest BCUT2D eigenvalue weighted by atomic mass is 14.8. The minimum atomic E-state index is 0.873.